The van der Waals surface area contributed by atoms with Gasteiger partial charge in [0.15, 0.2) is 6.61 Å². The number of amides is 1. The molecule has 0 bridgehead atoms. The van der Waals surface area contributed by atoms with Crippen LogP contribution in [0.2, 0.25) is 0 Å². The van der Waals surface area contributed by atoms with Crippen LogP contribution in [0.4, 0.5) is 0 Å². The molecule has 5 heteroatoms. The quantitative estimate of drug-likeness (QED) is 0.785. The largest absolute Gasteiger partial charge is 0.484 e. The van der Waals surface area contributed by atoms with E-state index in [-0.39, 0.29) is 24.9 Å². The molecule has 2 N–H and O–H groups in total. The van der Waals surface area contributed by atoms with Crippen molar-refractivity contribution in [3.8, 4) is 5.75 Å². The number of aryl methyl sites for hydroxylation is 1. The number of carbonyl (C=O) groups excluding carboxylic acids is 1. The number of aliphatic carboxylic acids is 1. The predicted octanol–water partition coefficient (Wildman–Crippen LogP) is 1.60. The highest BCUT2D eigenvalue weighted by Gasteiger charge is 2.09. The fourth-order valence-electron chi connectivity index (χ4n) is 1.56. The van der Waals surface area contributed by atoms with E-state index in [1.807, 2.05) is 25.1 Å². The van der Waals surface area contributed by atoms with Crippen LogP contribution in [0.15, 0.2) is 24.3 Å². The first-order valence-electron chi connectivity index (χ1n) is 6.15. The van der Waals surface area contributed by atoms with E-state index < -0.39 is 5.97 Å². The standard InChI is InChI=1S/C14H19NO4/c1-10-4-3-5-12(6-10)19-9-13(16)15-8-11(2)7-14(17)18/h3-6,11H,7-9H2,1-2H3,(H,15,16)(H,17,18). The minimum atomic E-state index is -0.863. The molecule has 0 saturated heterocycles. The third-order valence-corrected chi connectivity index (χ3v) is 2.53. The van der Waals surface area contributed by atoms with E-state index in [9.17, 15) is 9.59 Å². The van der Waals surface area contributed by atoms with Crippen LogP contribution in [0.5, 0.6) is 5.75 Å². The highest BCUT2D eigenvalue weighted by molar-refractivity contribution is 5.77. The fourth-order valence-corrected chi connectivity index (χ4v) is 1.56. The fraction of sp³-hybridized carbons (Fsp3) is 0.429. The van der Waals surface area contributed by atoms with E-state index >= 15 is 0 Å². The van der Waals surface area contributed by atoms with E-state index in [0.29, 0.717) is 12.3 Å². The molecule has 1 unspecified atom stereocenters. The van der Waals surface area contributed by atoms with Gasteiger partial charge in [-0.05, 0) is 30.5 Å². The molecule has 1 amide bonds. The maximum Gasteiger partial charge on any atom is 0.303 e. The molecule has 0 aliphatic carbocycles. The number of carboxylic acid groups (broad SMARTS) is 1. The first kappa shape index (κ1) is 15.0. The van der Waals surface area contributed by atoms with Crippen LogP contribution in [0.25, 0.3) is 0 Å². The van der Waals surface area contributed by atoms with Crippen molar-refractivity contribution in [1.29, 1.82) is 0 Å². The molecule has 0 radical (unpaired) electrons. The van der Waals surface area contributed by atoms with E-state index in [0.717, 1.165) is 5.56 Å². The highest BCUT2D eigenvalue weighted by Crippen LogP contribution is 2.11. The molecule has 0 heterocycles. The summed E-state index contributed by atoms with van der Waals surface area (Å²) in [6, 6.07) is 7.44. The molecule has 0 aliphatic heterocycles. The van der Waals surface area contributed by atoms with Crippen molar-refractivity contribution in [3.05, 3.63) is 29.8 Å². The van der Waals surface area contributed by atoms with Crippen LogP contribution < -0.4 is 10.1 Å². The summed E-state index contributed by atoms with van der Waals surface area (Å²) in [4.78, 5) is 22.0. The van der Waals surface area contributed by atoms with Crippen molar-refractivity contribution in [2.24, 2.45) is 5.92 Å². The second kappa shape index (κ2) is 7.41. The van der Waals surface area contributed by atoms with Crippen molar-refractivity contribution < 1.29 is 19.4 Å². The van der Waals surface area contributed by atoms with Gasteiger partial charge in [-0.3, -0.25) is 9.59 Å². The Morgan fingerprint density at radius 3 is 2.79 bits per heavy atom. The van der Waals surface area contributed by atoms with E-state index in [1.54, 1.807) is 13.0 Å². The second-order valence-corrected chi connectivity index (χ2v) is 4.61. The number of rotatable bonds is 7. The van der Waals surface area contributed by atoms with E-state index in [2.05, 4.69) is 5.32 Å². The second-order valence-electron chi connectivity index (χ2n) is 4.61. The molecule has 1 atom stereocenters. The third-order valence-electron chi connectivity index (χ3n) is 2.53. The zero-order valence-corrected chi connectivity index (χ0v) is 11.2. The molecule has 0 saturated carbocycles. The normalized spacial score (nSPS) is 11.7. The van der Waals surface area contributed by atoms with Gasteiger partial charge in [0.1, 0.15) is 5.75 Å². The molecule has 104 valence electrons. The Hall–Kier alpha value is -2.04. The van der Waals surface area contributed by atoms with Crippen molar-refractivity contribution in [1.82, 2.24) is 5.32 Å². The Balaban J connectivity index is 2.26. The van der Waals surface area contributed by atoms with Gasteiger partial charge in [-0.2, -0.15) is 0 Å². The summed E-state index contributed by atoms with van der Waals surface area (Å²) in [5.41, 5.74) is 1.06. The zero-order valence-electron chi connectivity index (χ0n) is 11.2. The Bertz CT molecular complexity index is 445. The monoisotopic (exact) mass is 265 g/mol. The summed E-state index contributed by atoms with van der Waals surface area (Å²) >= 11 is 0. The van der Waals surface area contributed by atoms with Gasteiger partial charge in [-0.15, -0.1) is 0 Å². The molecule has 0 aromatic heterocycles. The Morgan fingerprint density at radius 2 is 2.16 bits per heavy atom. The molecule has 0 fully saturated rings. The Morgan fingerprint density at radius 1 is 1.42 bits per heavy atom. The summed E-state index contributed by atoms with van der Waals surface area (Å²) in [6.07, 6.45) is 0.0407. The molecule has 0 spiro atoms. The lowest BCUT2D eigenvalue weighted by Crippen LogP contribution is -2.33. The van der Waals surface area contributed by atoms with Gasteiger partial charge in [-0.25, -0.2) is 0 Å². The zero-order chi connectivity index (χ0) is 14.3. The minimum Gasteiger partial charge on any atom is -0.484 e. The maximum atomic E-state index is 11.5. The number of nitrogens with one attached hydrogen (secondary N) is 1. The molecule has 19 heavy (non-hydrogen) atoms. The molecule has 1 aromatic carbocycles. The van der Waals surface area contributed by atoms with Crippen LogP contribution >= 0.6 is 0 Å². The average Bonchev–Trinajstić information content (AvgIpc) is 2.33. The first-order valence-corrected chi connectivity index (χ1v) is 6.15. The lowest BCUT2D eigenvalue weighted by molar-refractivity contribution is -0.138. The lowest BCUT2D eigenvalue weighted by atomic mass is 10.1. The van der Waals surface area contributed by atoms with Crippen molar-refractivity contribution in [2.45, 2.75) is 20.3 Å². The molecule has 1 rings (SSSR count). The topological polar surface area (TPSA) is 75.6 Å². The molecular formula is C14H19NO4. The number of carboxylic acids is 1. The van der Waals surface area contributed by atoms with E-state index in [1.165, 1.54) is 0 Å². The summed E-state index contributed by atoms with van der Waals surface area (Å²) in [6.45, 7) is 3.99. The van der Waals surface area contributed by atoms with Crippen LogP contribution in [-0.4, -0.2) is 30.1 Å². The number of ether oxygens (including phenoxy) is 1. The molecule has 1 aromatic rings. The van der Waals surface area contributed by atoms with Crippen molar-refractivity contribution >= 4 is 11.9 Å². The SMILES string of the molecule is Cc1cccc(OCC(=O)NCC(C)CC(=O)O)c1. The van der Waals surface area contributed by atoms with Gasteiger partial charge in [0, 0.05) is 13.0 Å². The number of benzene rings is 1. The van der Waals surface area contributed by atoms with Gasteiger partial charge in [0.2, 0.25) is 0 Å². The summed E-state index contributed by atoms with van der Waals surface area (Å²) in [7, 11) is 0. The van der Waals surface area contributed by atoms with Gasteiger partial charge in [0.05, 0.1) is 0 Å². The van der Waals surface area contributed by atoms with Gasteiger partial charge < -0.3 is 15.2 Å². The molecule has 5 nitrogen and oxygen atoms in total. The third kappa shape index (κ3) is 6.45. The molecule has 0 aliphatic rings. The smallest absolute Gasteiger partial charge is 0.303 e. The molecular weight excluding hydrogens is 246 g/mol. The summed E-state index contributed by atoms with van der Waals surface area (Å²) in [5.74, 6) is -0.564. The van der Waals surface area contributed by atoms with Crippen LogP contribution in [0.3, 0.4) is 0 Å². The van der Waals surface area contributed by atoms with E-state index in [4.69, 9.17) is 9.84 Å². The Labute approximate surface area is 112 Å². The van der Waals surface area contributed by atoms with Crippen molar-refractivity contribution in [3.63, 3.8) is 0 Å². The summed E-state index contributed by atoms with van der Waals surface area (Å²) in [5, 5.41) is 11.2. The van der Waals surface area contributed by atoms with Gasteiger partial charge >= 0.3 is 5.97 Å². The lowest BCUT2D eigenvalue weighted by Gasteiger charge is -2.11. The number of carbonyl (C=O) groups is 2. The predicted molar refractivity (Wildman–Crippen MR) is 71.1 cm³/mol. The number of hydrogen-bond donors (Lipinski definition) is 2. The maximum absolute atomic E-state index is 11.5. The van der Waals surface area contributed by atoms with Crippen LogP contribution in [0.1, 0.15) is 18.9 Å². The first-order chi connectivity index (χ1) is 8.97. The Kier molecular flexibility index (Phi) is 5.85. The minimum absolute atomic E-state index is 0.0407. The highest BCUT2D eigenvalue weighted by atomic mass is 16.5. The van der Waals surface area contributed by atoms with Crippen molar-refractivity contribution in [2.75, 3.05) is 13.2 Å². The van der Waals surface area contributed by atoms with Crippen LogP contribution in [-0.2, 0) is 9.59 Å². The average molecular weight is 265 g/mol. The summed E-state index contributed by atoms with van der Waals surface area (Å²) < 4.78 is 5.33. The van der Waals surface area contributed by atoms with Gasteiger partial charge in [0.25, 0.3) is 5.91 Å². The number of hydrogen-bond acceptors (Lipinski definition) is 3. The van der Waals surface area contributed by atoms with Gasteiger partial charge in [-0.1, -0.05) is 19.1 Å². The van der Waals surface area contributed by atoms with Crippen LogP contribution in [0, 0.1) is 12.8 Å².